The van der Waals surface area contributed by atoms with E-state index in [9.17, 15) is 0 Å². The van der Waals surface area contributed by atoms with Crippen molar-refractivity contribution in [1.82, 2.24) is 19.9 Å². The lowest BCUT2D eigenvalue weighted by atomic mass is 10.1. The average Bonchev–Trinajstić information content (AvgIpc) is 3.23. The topological polar surface area (TPSA) is 64.0 Å². The molecule has 134 valence electrons. The molecular weight excluding hydrogens is 346 g/mol. The Hall–Kier alpha value is -2.28. The van der Waals surface area contributed by atoms with E-state index in [2.05, 4.69) is 24.8 Å². The normalized spacial score (nSPS) is 17.7. The van der Waals surface area contributed by atoms with Gasteiger partial charge in [0.25, 0.3) is 0 Å². The Kier molecular flexibility index (Phi) is 3.96. The number of anilines is 1. The van der Waals surface area contributed by atoms with Crippen LogP contribution in [0.5, 0.6) is 5.88 Å². The molecule has 2 aliphatic rings. The summed E-state index contributed by atoms with van der Waals surface area (Å²) in [4.78, 5) is 22.8. The highest BCUT2D eigenvalue weighted by atomic mass is 32.1. The minimum absolute atomic E-state index is 0.188. The summed E-state index contributed by atoms with van der Waals surface area (Å²) in [7, 11) is 0. The molecule has 3 aromatic rings. The highest BCUT2D eigenvalue weighted by Gasteiger charge is 2.27. The Morgan fingerprint density at radius 3 is 2.88 bits per heavy atom. The fourth-order valence-corrected chi connectivity index (χ4v) is 5.23. The molecule has 0 unspecified atom stereocenters. The molecule has 0 spiro atoms. The number of aryl methyl sites for hydroxylation is 3. The summed E-state index contributed by atoms with van der Waals surface area (Å²) in [6, 6.07) is 0. The lowest BCUT2D eigenvalue weighted by Gasteiger charge is -2.33. The van der Waals surface area contributed by atoms with Gasteiger partial charge in [-0.3, -0.25) is 4.98 Å². The highest BCUT2D eigenvalue weighted by molar-refractivity contribution is 7.19. The second-order valence-electron chi connectivity index (χ2n) is 7.04. The van der Waals surface area contributed by atoms with Crippen molar-refractivity contribution < 1.29 is 4.74 Å². The molecule has 1 fully saturated rings. The van der Waals surface area contributed by atoms with Crippen LogP contribution < -0.4 is 9.64 Å². The number of aromatic nitrogens is 4. The van der Waals surface area contributed by atoms with Gasteiger partial charge in [0.1, 0.15) is 23.1 Å². The van der Waals surface area contributed by atoms with Crippen molar-refractivity contribution in [2.45, 2.75) is 45.1 Å². The number of hydrogen-bond acceptors (Lipinski definition) is 7. The third-order valence-corrected chi connectivity index (χ3v) is 6.44. The van der Waals surface area contributed by atoms with E-state index in [1.165, 1.54) is 35.1 Å². The van der Waals surface area contributed by atoms with E-state index in [0.29, 0.717) is 5.88 Å². The van der Waals surface area contributed by atoms with Crippen LogP contribution in [-0.2, 0) is 12.8 Å². The molecule has 26 heavy (non-hydrogen) atoms. The number of piperidine rings is 1. The van der Waals surface area contributed by atoms with Gasteiger partial charge in [0, 0.05) is 37.0 Å². The van der Waals surface area contributed by atoms with Crippen LogP contribution in [0.1, 0.15) is 35.4 Å². The van der Waals surface area contributed by atoms with Crippen LogP contribution in [0.4, 0.5) is 5.82 Å². The van der Waals surface area contributed by atoms with Crippen molar-refractivity contribution in [2.75, 3.05) is 18.0 Å². The molecule has 6 nitrogen and oxygen atoms in total. The van der Waals surface area contributed by atoms with Crippen LogP contribution in [0.15, 0.2) is 18.7 Å². The predicted octanol–water partition coefficient (Wildman–Crippen LogP) is 3.33. The van der Waals surface area contributed by atoms with Crippen molar-refractivity contribution in [2.24, 2.45) is 0 Å². The van der Waals surface area contributed by atoms with Crippen LogP contribution in [0.3, 0.4) is 0 Å². The molecule has 4 heterocycles. The molecule has 1 aliphatic heterocycles. The van der Waals surface area contributed by atoms with Crippen LogP contribution in [-0.4, -0.2) is 39.1 Å². The van der Waals surface area contributed by atoms with Gasteiger partial charge in [0.15, 0.2) is 0 Å². The largest absolute Gasteiger partial charge is 0.473 e. The monoisotopic (exact) mass is 367 g/mol. The Bertz CT molecular complexity index is 948. The lowest BCUT2D eigenvalue weighted by molar-refractivity contribution is 0.163. The second-order valence-corrected chi connectivity index (χ2v) is 8.12. The van der Waals surface area contributed by atoms with Crippen molar-refractivity contribution in [3.8, 4) is 5.88 Å². The minimum atomic E-state index is 0.188. The Balaban J connectivity index is 1.34. The van der Waals surface area contributed by atoms with Crippen molar-refractivity contribution in [3.63, 3.8) is 0 Å². The van der Waals surface area contributed by atoms with Crippen LogP contribution in [0.2, 0.25) is 0 Å². The van der Waals surface area contributed by atoms with Crippen molar-refractivity contribution in [3.05, 3.63) is 34.9 Å². The van der Waals surface area contributed by atoms with Gasteiger partial charge in [0.2, 0.25) is 5.88 Å². The minimum Gasteiger partial charge on any atom is -0.473 e. The Labute approximate surface area is 156 Å². The fraction of sp³-hybridized carbons (Fsp3) is 0.474. The van der Waals surface area contributed by atoms with E-state index in [1.807, 2.05) is 18.3 Å². The summed E-state index contributed by atoms with van der Waals surface area (Å²) >= 11 is 1.85. The molecule has 0 bridgehead atoms. The van der Waals surface area contributed by atoms with E-state index in [1.54, 1.807) is 18.7 Å². The number of ether oxygens (including phenoxy) is 1. The molecule has 3 aromatic heterocycles. The molecule has 5 rings (SSSR count). The van der Waals surface area contributed by atoms with Gasteiger partial charge < -0.3 is 9.64 Å². The fourth-order valence-electron chi connectivity index (χ4n) is 4.01. The first-order valence-corrected chi connectivity index (χ1v) is 10.0. The van der Waals surface area contributed by atoms with E-state index in [4.69, 9.17) is 4.74 Å². The number of nitrogens with zero attached hydrogens (tertiary/aromatic N) is 5. The molecule has 1 saturated heterocycles. The quantitative estimate of drug-likeness (QED) is 0.708. The molecular formula is C19H21N5OS. The first-order chi connectivity index (χ1) is 12.8. The number of fused-ring (bicyclic) bond motifs is 3. The summed E-state index contributed by atoms with van der Waals surface area (Å²) in [6.45, 7) is 3.82. The number of hydrogen-bond donors (Lipinski definition) is 0. The third kappa shape index (κ3) is 2.80. The summed E-state index contributed by atoms with van der Waals surface area (Å²) in [5, 5.41) is 1.30. The zero-order chi connectivity index (χ0) is 17.5. The SMILES string of the molecule is Cc1cncc(OC2CCN(c3ncnc4sc5c(c34)CCC5)CC2)n1. The van der Waals surface area contributed by atoms with Gasteiger partial charge in [0.05, 0.1) is 17.3 Å². The van der Waals surface area contributed by atoms with Crippen LogP contribution >= 0.6 is 11.3 Å². The van der Waals surface area contributed by atoms with E-state index in [0.717, 1.165) is 42.3 Å². The van der Waals surface area contributed by atoms with Gasteiger partial charge >= 0.3 is 0 Å². The summed E-state index contributed by atoms with van der Waals surface area (Å²) < 4.78 is 6.04. The predicted molar refractivity (Wildman–Crippen MR) is 102 cm³/mol. The maximum Gasteiger partial charge on any atom is 0.232 e. The summed E-state index contributed by atoms with van der Waals surface area (Å²) in [5.74, 6) is 1.74. The van der Waals surface area contributed by atoms with Gasteiger partial charge in [-0.05, 0) is 31.7 Å². The molecule has 0 N–H and O–H groups in total. The molecule has 1 aliphatic carbocycles. The summed E-state index contributed by atoms with van der Waals surface area (Å²) in [5.41, 5.74) is 2.38. The zero-order valence-corrected chi connectivity index (χ0v) is 15.6. The first kappa shape index (κ1) is 15.9. The Morgan fingerprint density at radius 1 is 1.15 bits per heavy atom. The molecule has 0 radical (unpaired) electrons. The lowest BCUT2D eigenvalue weighted by Crippen LogP contribution is -2.39. The Morgan fingerprint density at radius 2 is 2.04 bits per heavy atom. The standard InChI is InChI=1S/C19H21N5OS/c1-12-9-20-10-16(23-12)25-13-5-7-24(8-6-13)18-17-14-3-2-4-15(14)26-19(17)22-11-21-18/h9-11,13H,2-8H2,1H3. The van der Waals surface area contributed by atoms with Crippen LogP contribution in [0, 0.1) is 6.92 Å². The molecule has 0 atom stereocenters. The van der Waals surface area contributed by atoms with Gasteiger partial charge in [-0.1, -0.05) is 0 Å². The maximum absolute atomic E-state index is 6.04. The summed E-state index contributed by atoms with van der Waals surface area (Å²) in [6.07, 6.45) is 10.9. The number of thiophene rings is 1. The first-order valence-electron chi connectivity index (χ1n) is 9.23. The molecule has 0 saturated carbocycles. The smallest absolute Gasteiger partial charge is 0.232 e. The van der Waals surface area contributed by atoms with E-state index in [-0.39, 0.29) is 6.10 Å². The van der Waals surface area contributed by atoms with Gasteiger partial charge in [-0.2, -0.15) is 0 Å². The molecule has 7 heteroatoms. The van der Waals surface area contributed by atoms with E-state index < -0.39 is 0 Å². The third-order valence-electron chi connectivity index (χ3n) is 5.24. The van der Waals surface area contributed by atoms with Gasteiger partial charge in [-0.25, -0.2) is 15.0 Å². The maximum atomic E-state index is 6.04. The second kappa shape index (κ2) is 6.46. The van der Waals surface area contributed by atoms with Crippen LogP contribution in [0.25, 0.3) is 10.2 Å². The molecule has 0 aromatic carbocycles. The average molecular weight is 367 g/mol. The zero-order valence-electron chi connectivity index (χ0n) is 14.8. The number of rotatable bonds is 3. The molecule has 0 amide bonds. The van der Waals surface area contributed by atoms with Gasteiger partial charge in [-0.15, -0.1) is 11.3 Å². The van der Waals surface area contributed by atoms with Crippen molar-refractivity contribution in [1.29, 1.82) is 0 Å². The van der Waals surface area contributed by atoms with E-state index >= 15 is 0 Å². The van der Waals surface area contributed by atoms with Crippen molar-refractivity contribution >= 4 is 27.4 Å². The highest BCUT2D eigenvalue weighted by Crippen LogP contribution is 2.40.